The fourth-order valence-electron chi connectivity index (χ4n) is 2.76. The number of nitrogens with one attached hydrogen (secondary N) is 1. The van der Waals surface area contributed by atoms with Gasteiger partial charge in [0.2, 0.25) is 10.0 Å². The molecule has 1 aliphatic heterocycles. The molecular weight excluding hydrogens is 333 g/mol. The minimum atomic E-state index is -3.42. The average Bonchev–Trinajstić information content (AvgIpc) is 2.82. The van der Waals surface area contributed by atoms with Gasteiger partial charge in [-0.25, -0.2) is 12.8 Å². The van der Waals surface area contributed by atoms with Gasteiger partial charge in [-0.05, 0) is 36.4 Å². The Morgan fingerprint density at radius 2 is 1.88 bits per heavy atom. The highest BCUT2D eigenvalue weighted by molar-refractivity contribution is 7.92. The van der Waals surface area contributed by atoms with E-state index in [4.69, 9.17) is 4.74 Å². The number of hydrogen-bond acceptors (Lipinski definition) is 5. The summed E-state index contributed by atoms with van der Waals surface area (Å²) < 4.78 is 44.0. The van der Waals surface area contributed by atoms with E-state index in [9.17, 15) is 12.8 Å². The summed E-state index contributed by atoms with van der Waals surface area (Å²) in [7, 11) is -0.0603. The van der Waals surface area contributed by atoms with E-state index in [1.54, 1.807) is 18.2 Å². The quantitative estimate of drug-likeness (QED) is 0.917. The number of sulfonamides is 1. The Hall–Kier alpha value is -2.48. The molecule has 0 aromatic heterocycles. The van der Waals surface area contributed by atoms with Crippen LogP contribution in [0.5, 0.6) is 5.75 Å². The first kappa shape index (κ1) is 16.4. The maximum atomic E-state index is 13.1. The minimum Gasteiger partial charge on any atom is -0.495 e. The van der Waals surface area contributed by atoms with Gasteiger partial charge < -0.3 is 4.74 Å². The highest BCUT2D eigenvalue weighted by atomic mass is 32.2. The van der Waals surface area contributed by atoms with Gasteiger partial charge in [0.25, 0.3) is 0 Å². The lowest BCUT2D eigenvalue weighted by Gasteiger charge is -2.28. The first-order valence-electron chi connectivity index (χ1n) is 7.24. The zero-order chi connectivity index (χ0) is 17.5. The third kappa shape index (κ3) is 3.09. The van der Waals surface area contributed by atoms with Crippen molar-refractivity contribution in [1.29, 1.82) is 0 Å². The number of hydrazine groups is 1. The number of ether oxygens (including phenoxy) is 1. The molecule has 8 heteroatoms. The Kier molecular flexibility index (Phi) is 4.00. The van der Waals surface area contributed by atoms with Crippen molar-refractivity contribution in [2.75, 3.05) is 35.2 Å². The van der Waals surface area contributed by atoms with Gasteiger partial charge in [0.15, 0.2) is 0 Å². The third-order valence-electron chi connectivity index (χ3n) is 3.85. The zero-order valence-electron chi connectivity index (χ0n) is 13.6. The fraction of sp³-hybridized carbons (Fsp3) is 0.250. The van der Waals surface area contributed by atoms with Crippen LogP contribution in [0.4, 0.5) is 21.5 Å². The first-order valence-corrected chi connectivity index (χ1v) is 9.13. The van der Waals surface area contributed by atoms with E-state index in [-0.39, 0.29) is 5.82 Å². The third-order valence-corrected chi connectivity index (χ3v) is 4.44. The second kappa shape index (κ2) is 5.86. The number of rotatable bonds is 4. The van der Waals surface area contributed by atoms with Gasteiger partial charge in [-0.1, -0.05) is 0 Å². The van der Waals surface area contributed by atoms with Gasteiger partial charge in [-0.2, -0.15) is 0 Å². The summed E-state index contributed by atoms with van der Waals surface area (Å²) >= 11 is 0. The van der Waals surface area contributed by atoms with Gasteiger partial charge in [0.05, 0.1) is 37.0 Å². The Balaban J connectivity index is 1.99. The summed E-state index contributed by atoms with van der Waals surface area (Å²) in [5.41, 5.74) is 3.06. The van der Waals surface area contributed by atoms with Crippen molar-refractivity contribution in [3.05, 3.63) is 47.8 Å². The van der Waals surface area contributed by atoms with Crippen molar-refractivity contribution in [1.82, 2.24) is 0 Å². The number of anilines is 3. The molecule has 128 valence electrons. The monoisotopic (exact) mass is 351 g/mol. The number of fused-ring (bicyclic) bond motifs is 1. The van der Waals surface area contributed by atoms with Crippen LogP contribution in [-0.4, -0.2) is 28.8 Å². The van der Waals surface area contributed by atoms with Gasteiger partial charge in [0, 0.05) is 12.6 Å². The zero-order valence-corrected chi connectivity index (χ0v) is 14.4. The molecule has 0 saturated heterocycles. The van der Waals surface area contributed by atoms with Crippen molar-refractivity contribution in [3.63, 3.8) is 0 Å². The molecular formula is C16H18FN3O3S. The van der Waals surface area contributed by atoms with E-state index < -0.39 is 10.0 Å². The number of nitrogens with zero attached hydrogens (tertiary/aromatic N) is 2. The Labute approximate surface area is 140 Å². The van der Waals surface area contributed by atoms with Crippen LogP contribution in [0.2, 0.25) is 0 Å². The van der Waals surface area contributed by atoms with Crippen LogP contribution < -0.4 is 19.5 Å². The predicted molar refractivity (Wildman–Crippen MR) is 92.4 cm³/mol. The number of hydrogen-bond donors (Lipinski definition) is 1. The number of halogens is 1. The van der Waals surface area contributed by atoms with Crippen molar-refractivity contribution in [3.8, 4) is 5.75 Å². The summed E-state index contributed by atoms with van der Waals surface area (Å²) in [6.45, 7) is 0.576. The Morgan fingerprint density at radius 3 is 2.46 bits per heavy atom. The van der Waals surface area contributed by atoms with Crippen molar-refractivity contribution < 1.29 is 17.5 Å². The van der Waals surface area contributed by atoms with Gasteiger partial charge in [-0.3, -0.25) is 14.7 Å². The van der Waals surface area contributed by atoms with E-state index >= 15 is 0 Å². The van der Waals surface area contributed by atoms with Crippen molar-refractivity contribution in [2.24, 2.45) is 0 Å². The van der Waals surface area contributed by atoms with Crippen LogP contribution in [0.25, 0.3) is 0 Å². The molecule has 0 aliphatic carbocycles. The van der Waals surface area contributed by atoms with Crippen molar-refractivity contribution >= 4 is 27.1 Å². The first-order chi connectivity index (χ1) is 11.3. The summed E-state index contributed by atoms with van der Waals surface area (Å²) in [6, 6.07) is 9.75. The molecule has 3 rings (SSSR count). The molecule has 2 aromatic rings. The van der Waals surface area contributed by atoms with E-state index in [0.717, 1.165) is 23.2 Å². The molecule has 1 heterocycles. The molecule has 6 nitrogen and oxygen atoms in total. The topological polar surface area (TPSA) is 61.9 Å². The smallest absolute Gasteiger partial charge is 0.229 e. The number of benzene rings is 2. The van der Waals surface area contributed by atoms with Crippen LogP contribution in [0, 0.1) is 5.82 Å². The molecule has 0 saturated carbocycles. The second-order valence-corrected chi connectivity index (χ2v) is 7.36. The van der Waals surface area contributed by atoms with Crippen LogP contribution >= 0.6 is 0 Å². The van der Waals surface area contributed by atoms with Crippen molar-refractivity contribution in [2.45, 2.75) is 6.54 Å². The van der Waals surface area contributed by atoms with E-state index in [0.29, 0.717) is 18.0 Å². The van der Waals surface area contributed by atoms with Gasteiger partial charge in [0.1, 0.15) is 11.6 Å². The molecule has 0 radical (unpaired) electrons. The van der Waals surface area contributed by atoms with Gasteiger partial charge >= 0.3 is 0 Å². The van der Waals surface area contributed by atoms with Gasteiger partial charge in [-0.15, -0.1) is 0 Å². The molecule has 0 bridgehead atoms. The molecule has 1 aliphatic rings. The second-order valence-electron chi connectivity index (χ2n) is 5.61. The normalized spacial score (nSPS) is 13.8. The molecule has 0 spiro atoms. The maximum absolute atomic E-state index is 13.1. The largest absolute Gasteiger partial charge is 0.495 e. The molecule has 0 fully saturated rings. The highest BCUT2D eigenvalue weighted by Crippen LogP contribution is 2.40. The lowest BCUT2D eigenvalue weighted by Crippen LogP contribution is -2.33. The SMILES string of the molecule is COc1cc2c(cc1NS(C)(=O)=O)N(C)N(c1ccc(F)cc1)C2. The summed E-state index contributed by atoms with van der Waals surface area (Å²) in [5.74, 6) is 0.160. The molecule has 2 aromatic carbocycles. The molecule has 0 amide bonds. The highest BCUT2D eigenvalue weighted by Gasteiger charge is 2.27. The van der Waals surface area contributed by atoms with Crippen LogP contribution in [0.1, 0.15) is 5.56 Å². The maximum Gasteiger partial charge on any atom is 0.229 e. The minimum absolute atomic E-state index is 0.292. The molecule has 24 heavy (non-hydrogen) atoms. The van der Waals surface area contributed by atoms with Crippen LogP contribution in [-0.2, 0) is 16.6 Å². The van der Waals surface area contributed by atoms with Crippen LogP contribution in [0.3, 0.4) is 0 Å². The Morgan fingerprint density at radius 1 is 1.21 bits per heavy atom. The lowest BCUT2D eigenvalue weighted by molar-refractivity contribution is 0.416. The molecule has 0 atom stereocenters. The van der Waals surface area contributed by atoms with E-state index in [1.165, 1.54) is 19.2 Å². The average molecular weight is 351 g/mol. The summed E-state index contributed by atoms with van der Waals surface area (Å²) in [5, 5.41) is 3.86. The van der Waals surface area contributed by atoms with E-state index in [1.807, 2.05) is 23.1 Å². The standard InChI is InChI=1S/C16H18FN3O3S/c1-19-15-9-14(18-24(3,21)22)16(23-2)8-11(15)10-20(19)13-6-4-12(17)5-7-13/h4-9,18H,10H2,1-3H3. The Bertz CT molecular complexity index is 869. The lowest BCUT2D eigenvalue weighted by atomic mass is 10.1. The fourth-order valence-corrected chi connectivity index (χ4v) is 3.32. The van der Waals surface area contributed by atoms with E-state index in [2.05, 4.69) is 4.72 Å². The molecule has 0 unspecified atom stereocenters. The summed E-state index contributed by atoms with van der Waals surface area (Å²) in [6.07, 6.45) is 1.09. The molecule has 1 N–H and O–H groups in total. The van der Waals surface area contributed by atoms with Crippen LogP contribution in [0.15, 0.2) is 36.4 Å². The number of methoxy groups -OCH3 is 1. The predicted octanol–water partition coefficient (Wildman–Crippen LogP) is 2.58. The summed E-state index contributed by atoms with van der Waals surface area (Å²) in [4.78, 5) is 0.